The number of hydrazone groups is 1. The van der Waals surface area contributed by atoms with Gasteiger partial charge in [0, 0.05) is 30.0 Å². The van der Waals surface area contributed by atoms with E-state index < -0.39 is 0 Å². The van der Waals surface area contributed by atoms with Crippen molar-refractivity contribution in [3.05, 3.63) is 58.4 Å². The van der Waals surface area contributed by atoms with Gasteiger partial charge in [-0.3, -0.25) is 9.78 Å². The normalized spacial score (nSPS) is 18.7. The molecule has 0 saturated heterocycles. The van der Waals surface area contributed by atoms with Crippen LogP contribution in [0.5, 0.6) is 0 Å². The standard InChI is InChI=1S/C20H23ClN4O/c1-13-11-20(2,3)25(4)18-10-16(21)14(9-15(13)18)12-23-24-19(26)17-7-5-6-8-22-17/h5-10,12-13H,11H2,1-4H3,(H,24,26)/b23-12-/t13-/m1/s1. The van der Waals surface area contributed by atoms with E-state index in [2.05, 4.69) is 54.3 Å². The summed E-state index contributed by atoms with van der Waals surface area (Å²) in [4.78, 5) is 18.3. The van der Waals surface area contributed by atoms with Gasteiger partial charge >= 0.3 is 0 Å². The number of fused-ring (bicyclic) bond motifs is 1. The number of benzene rings is 1. The maximum atomic E-state index is 12.0. The van der Waals surface area contributed by atoms with Crippen molar-refractivity contribution in [1.29, 1.82) is 0 Å². The van der Waals surface area contributed by atoms with Gasteiger partial charge in [0.15, 0.2) is 0 Å². The summed E-state index contributed by atoms with van der Waals surface area (Å²) in [6.45, 7) is 6.71. The van der Waals surface area contributed by atoms with Crippen LogP contribution >= 0.6 is 11.6 Å². The third-order valence-corrected chi connectivity index (χ3v) is 5.35. The molecule has 0 fully saturated rings. The second kappa shape index (κ2) is 7.08. The van der Waals surface area contributed by atoms with Crippen LogP contribution in [0.3, 0.4) is 0 Å². The number of rotatable bonds is 3. The van der Waals surface area contributed by atoms with E-state index in [1.807, 2.05) is 6.07 Å². The fourth-order valence-electron chi connectivity index (χ4n) is 3.42. The van der Waals surface area contributed by atoms with E-state index in [0.717, 1.165) is 17.7 Å². The Balaban J connectivity index is 1.82. The third-order valence-electron chi connectivity index (χ3n) is 5.02. The lowest BCUT2D eigenvalue weighted by molar-refractivity contribution is 0.0950. The molecule has 2 heterocycles. The van der Waals surface area contributed by atoms with Crippen molar-refractivity contribution in [3.63, 3.8) is 0 Å². The molecular formula is C20H23ClN4O. The largest absolute Gasteiger partial charge is 0.369 e. The van der Waals surface area contributed by atoms with Crippen LogP contribution in [0.2, 0.25) is 5.02 Å². The molecule has 0 aliphatic carbocycles. The number of pyridine rings is 1. The molecule has 3 rings (SSSR count). The molecule has 1 aliphatic rings. The predicted molar refractivity (Wildman–Crippen MR) is 106 cm³/mol. The maximum absolute atomic E-state index is 12.0. The zero-order valence-electron chi connectivity index (χ0n) is 15.5. The molecule has 0 spiro atoms. The van der Waals surface area contributed by atoms with Crippen LogP contribution in [0.1, 0.15) is 54.7 Å². The molecule has 0 saturated carbocycles. The van der Waals surface area contributed by atoms with Crippen molar-refractivity contribution in [2.24, 2.45) is 5.10 Å². The van der Waals surface area contributed by atoms with Gasteiger partial charge < -0.3 is 4.90 Å². The number of hydrogen-bond donors (Lipinski definition) is 1. The van der Waals surface area contributed by atoms with Gasteiger partial charge in [-0.15, -0.1) is 0 Å². The summed E-state index contributed by atoms with van der Waals surface area (Å²) in [5.74, 6) is 0.0644. The van der Waals surface area contributed by atoms with Gasteiger partial charge in [0.05, 0.1) is 11.2 Å². The molecule has 1 aliphatic heterocycles. The fourth-order valence-corrected chi connectivity index (χ4v) is 3.62. The highest BCUT2D eigenvalue weighted by Gasteiger charge is 2.34. The molecule has 0 bridgehead atoms. The predicted octanol–water partition coefficient (Wildman–Crippen LogP) is 4.22. The highest BCUT2D eigenvalue weighted by molar-refractivity contribution is 6.33. The van der Waals surface area contributed by atoms with E-state index in [1.165, 1.54) is 5.56 Å². The van der Waals surface area contributed by atoms with Gasteiger partial charge in [-0.1, -0.05) is 24.6 Å². The van der Waals surface area contributed by atoms with Crippen molar-refractivity contribution in [3.8, 4) is 0 Å². The highest BCUT2D eigenvalue weighted by atomic mass is 35.5. The van der Waals surface area contributed by atoms with Gasteiger partial charge in [0.2, 0.25) is 0 Å². The number of amides is 1. The Morgan fingerprint density at radius 2 is 2.19 bits per heavy atom. The van der Waals surface area contributed by atoms with Gasteiger partial charge in [0.1, 0.15) is 5.69 Å². The number of carbonyl (C=O) groups is 1. The first-order valence-corrected chi connectivity index (χ1v) is 8.99. The van der Waals surface area contributed by atoms with E-state index in [0.29, 0.717) is 16.6 Å². The highest BCUT2D eigenvalue weighted by Crippen LogP contribution is 2.44. The average Bonchev–Trinajstić information content (AvgIpc) is 2.61. The summed E-state index contributed by atoms with van der Waals surface area (Å²) >= 11 is 6.46. The summed E-state index contributed by atoms with van der Waals surface area (Å²) in [6, 6.07) is 9.19. The first-order chi connectivity index (χ1) is 12.3. The van der Waals surface area contributed by atoms with Crippen molar-refractivity contribution < 1.29 is 4.79 Å². The zero-order chi connectivity index (χ0) is 18.9. The maximum Gasteiger partial charge on any atom is 0.289 e. The Morgan fingerprint density at radius 1 is 1.42 bits per heavy atom. The minimum atomic E-state index is -0.356. The van der Waals surface area contributed by atoms with E-state index in [4.69, 9.17) is 11.6 Å². The number of anilines is 1. The van der Waals surface area contributed by atoms with Gasteiger partial charge in [-0.25, -0.2) is 5.43 Å². The Morgan fingerprint density at radius 3 is 2.88 bits per heavy atom. The van der Waals surface area contributed by atoms with E-state index >= 15 is 0 Å². The molecule has 136 valence electrons. The average molecular weight is 371 g/mol. The van der Waals surface area contributed by atoms with Crippen molar-refractivity contribution in [2.75, 3.05) is 11.9 Å². The summed E-state index contributed by atoms with van der Waals surface area (Å²) in [7, 11) is 2.10. The molecule has 1 aromatic heterocycles. The summed E-state index contributed by atoms with van der Waals surface area (Å²) in [5, 5.41) is 4.65. The van der Waals surface area contributed by atoms with Crippen molar-refractivity contribution in [2.45, 2.75) is 38.6 Å². The lowest BCUT2D eigenvalue weighted by Crippen LogP contribution is -2.45. The Hall–Kier alpha value is -2.40. The van der Waals surface area contributed by atoms with Crippen LogP contribution in [-0.2, 0) is 0 Å². The quantitative estimate of drug-likeness (QED) is 0.650. The van der Waals surface area contributed by atoms with Crippen LogP contribution < -0.4 is 10.3 Å². The molecule has 1 amide bonds. The van der Waals surface area contributed by atoms with Crippen LogP contribution in [0.25, 0.3) is 0 Å². The Bertz CT molecular complexity index is 848. The molecular weight excluding hydrogens is 348 g/mol. The van der Waals surface area contributed by atoms with E-state index in [1.54, 1.807) is 30.6 Å². The number of nitrogens with one attached hydrogen (secondary N) is 1. The summed E-state index contributed by atoms with van der Waals surface area (Å²) in [6.07, 6.45) is 4.21. The number of halogens is 1. The molecule has 26 heavy (non-hydrogen) atoms. The summed E-state index contributed by atoms with van der Waals surface area (Å²) < 4.78 is 0. The smallest absolute Gasteiger partial charge is 0.289 e. The Labute approximate surface area is 159 Å². The van der Waals surface area contributed by atoms with Crippen LogP contribution in [-0.4, -0.2) is 29.7 Å². The number of hydrogen-bond acceptors (Lipinski definition) is 4. The fraction of sp³-hybridized carbons (Fsp3) is 0.350. The minimum absolute atomic E-state index is 0.0853. The van der Waals surface area contributed by atoms with Gasteiger partial charge in [-0.2, -0.15) is 5.10 Å². The molecule has 0 unspecified atom stereocenters. The lowest BCUT2D eigenvalue weighted by atomic mass is 9.80. The second-order valence-corrected chi connectivity index (χ2v) is 7.73. The molecule has 5 nitrogen and oxygen atoms in total. The zero-order valence-corrected chi connectivity index (χ0v) is 16.2. The number of nitrogens with zero attached hydrogens (tertiary/aromatic N) is 3. The van der Waals surface area contributed by atoms with Crippen LogP contribution in [0.15, 0.2) is 41.6 Å². The van der Waals surface area contributed by atoms with Crippen molar-refractivity contribution >= 4 is 29.4 Å². The topological polar surface area (TPSA) is 57.6 Å². The first kappa shape index (κ1) is 18.4. The molecule has 1 atom stereocenters. The monoisotopic (exact) mass is 370 g/mol. The number of carbonyl (C=O) groups excluding carboxylic acids is 1. The molecule has 1 aromatic carbocycles. The second-order valence-electron chi connectivity index (χ2n) is 7.32. The van der Waals surface area contributed by atoms with E-state index in [-0.39, 0.29) is 11.4 Å². The molecule has 1 N–H and O–H groups in total. The van der Waals surface area contributed by atoms with Gasteiger partial charge in [-0.05, 0) is 56.0 Å². The minimum Gasteiger partial charge on any atom is -0.369 e. The molecule has 6 heteroatoms. The molecule has 2 aromatic rings. The van der Waals surface area contributed by atoms with Gasteiger partial charge in [0.25, 0.3) is 5.91 Å². The van der Waals surface area contributed by atoms with Crippen molar-refractivity contribution in [1.82, 2.24) is 10.4 Å². The first-order valence-electron chi connectivity index (χ1n) is 8.61. The molecule has 0 radical (unpaired) electrons. The van der Waals surface area contributed by atoms with Crippen LogP contribution in [0.4, 0.5) is 5.69 Å². The van der Waals surface area contributed by atoms with E-state index in [9.17, 15) is 4.79 Å². The lowest BCUT2D eigenvalue weighted by Gasteiger charge is -2.45. The number of aromatic nitrogens is 1. The Kier molecular flexibility index (Phi) is 5.01. The summed E-state index contributed by atoms with van der Waals surface area (Å²) in [5.41, 5.74) is 6.07. The van der Waals surface area contributed by atoms with Crippen LogP contribution in [0, 0.1) is 0 Å². The third kappa shape index (κ3) is 3.58. The SMILES string of the molecule is C[C@@H]1CC(C)(C)N(C)c2cc(Cl)c(/C=N\NC(=O)c3ccccn3)cc21.